The minimum absolute atomic E-state index is 0.134. The molecule has 0 unspecified atom stereocenters. The van der Waals surface area contributed by atoms with Crippen LogP contribution < -0.4 is 4.72 Å². The van der Waals surface area contributed by atoms with Gasteiger partial charge in [-0.2, -0.15) is 0 Å². The van der Waals surface area contributed by atoms with Crippen LogP contribution in [-0.4, -0.2) is 33.3 Å². The Kier molecular flexibility index (Phi) is 4.94. The summed E-state index contributed by atoms with van der Waals surface area (Å²) in [6.45, 7) is 0. The molecule has 0 amide bonds. The van der Waals surface area contributed by atoms with Crippen molar-refractivity contribution in [3.8, 4) is 11.3 Å². The molecule has 0 spiro atoms. The number of sulfonamides is 1. The zero-order chi connectivity index (χ0) is 19.7. The Morgan fingerprint density at radius 3 is 2.15 bits per heavy atom. The fraction of sp³-hybridized carbons (Fsp3) is 0.0588. The van der Waals surface area contributed by atoms with Crippen LogP contribution in [0.25, 0.3) is 11.3 Å². The smallest absolute Gasteiger partial charge is 0.261 e. The summed E-state index contributed by atoms with van der Waals surface area (Å²) in [5, 5.41) is 7.40. The predicted octanol–water partition coefficient (Wildman–Crippen LogP) is 2.49. The number of nitrogens with one attached hydrogen (secondary N) is 1. The Morgan fingerprint density at radius 1 is 0.889 bits per heavy atom. The van der Waals surface area contributed by atoms with E-state index in [2.05, 4.69) is 14.9 Å². The van der Waals surface area contributed by atoms with Crippen LogP contribution in [0.5, 0.6) is 0 Å². The Labute approximate surface area is 155 Å². The van der Waals surface area contributed by atoms with Gasteiger partial charge in [0.15, 0.2) is 14.9 Å². The zero-order valence-corrected chi connectivity index (χ0v) is 15.6. The summed E-state index contributed by atoms with van der Waals surface area (Å²) in [4.78, 5) is -0.186. The first-order chi connectivity index (χ1) is 12.6. The number of rotatable bonds is 5. The molecule has 0 aliphatic heterocycles. The number of aromatic nitrogens is 2. The first kappa shape index (κ1) is 18.9. The molecule has 7 nitrogen and oxygen atoms in total. The Morgan fingerprint density at radius 2 is 1.59 bits per heavy atom. The minimum Gasteiger partial charge on any atom is -0.280 e. The molecule has 1 N–H and O–H groups in total. The third-order valence-electron chi connectivity index (χ3n) is 3.56. The van der Waals surface area contributed by atoms with E-state index in [-0.39, 0.29) is 15.6 Å². The first-order valence-corrected chi connectivity index (χ1v) is 11.0. The van der Waals surface area contributed by atoms with E-state index in [1.54, 1.807) is 12.1 Å². The molecule has 2 aromatic carbocycles. The van der Waals surface area contributed by atoms with Gasteiger partial charge in [0.2, 0.25) is 0 Å². The van der Waals surface area contributed by atoms with Crippen molar-refractivity contribution in [1.29, 1.82) is 0 Å². The van der Waals surface area contributed by atoms with Crippen LogP contribution >= 0.6 is 0 Å². The highest BCUT2D eigenvalue weighted by molar-refractivity contribution is 7.92. The van der Waals surface area contributed by atoms with Crippen LogP contribution in [0.4, 0.5) is 10.1 Å². The number of hydrogen-bond acceptors (Lipinski definition) is 6. The molecule has 27 heavy (non-hydrogen) atoms. The van der Waals surface area contributed by atoms with Gasteiger partial charge in [-0.1, -0.05) is 18.2 Å². The first-order valence-electron chi connectivity index (χ1n) is 7.58. The second kappa shape index (κ2) is 7.05. The predicted molar refractivity (Wildman–Crippen MR) is 97.8 cm³/mol. The van der Waals surface area contributed by atoms with Crippen molar-refractivity contribution in [1.82, 2.24) is 10.2 Å². The van der Waals surface area contributed by atoms with Crippen molar-refractivity contribution in [3.05, 3.63) is 66.5 Å². The summed E-state index contributed by atoms with van der Waals surface area (Å²) in [6, 6.07) is 13.8. The van der Waals surface area contributed by atoms with Gasteiger partial charge in [0.05, 0.1) is 10.6 Å². The van der Waals surface area contributed by atoms with Crippen molar-refractivity contribution >= 4 is 25.5 Å². The molecule has 1 heterocycles. The van der Waals surface area contributed by atoms with E-state index >= 15 is 0 Å². The van der Waals surface area contributed by atoms with E-state index in [1.807, 2.05) is 0 Å². The van der Waals surface area contributed by atoms with Crippen LogP contribution in [-0.2, 0) is 19.9 Å². The fourth-order valence-corrected chi connectivity index (χ4v) is 3.82. The molecule has 140 valence electrons. The second-order valence-corrected chi connectivity index (χ2v) is 9.31. The average Bonchev–Trinajstić information content (AvgIpc) is 2.61. The lowest BCUT2D eigenvalue weighted by atomic mass is 10.1. The average molecular weight is 407 g/mol. The molecule has 0 aliphatic carbocycles. The van der Waals surface area contributed by atoms with Crippen LogP contribution in [0.3, 0.4) is 0 Å². The quantitative estimate of drug-likeness (QED) is 0.696. The van der Waals surface area contributed by atoms with E-state index in [0.29, 0.717) is 11.3 Å². The van der Waals surface area contributed by atoms with Crippen molar-refractivity contribution in [2.45, 2.75) is 9.92 Å². The van der Waals surface area contributed by atoms with Crippen LogP contribution in [0.2, 0.25) is 0 Å². The highest BCUT2D eigenvalue weighted by atomic mass is 32.2. The number of nitrogens with zero attached hydrogens (tertiary/aromatic N) is 2. The van der Waals surface area contributed by atoms with Gasteiger partial charge in [-0.3, -0.25) is 4.72 Å². The molecule has 3 rings (SSSR count). The molecule has 1 aromatic heterocycles. The molecule has 10 heteroatoms. The molecular weight excluding hydrogens is 393 g/mol. The van der Waals surface area contributed by atoms with Gasteiger partial charge < -0.3 is 0 Å². The van der Waals surface area contributed by atoms with Gasteiger partial charge in [-0.15, -0.1) is 10.2 Å². The van der Waals surface area contributed by atoms with Crippen LogP contribution in [0.1, 0.15) is 0 Å². The van der Waals surface area contributed by atoms with Gasteiger partial charge in [-0.25, -0.2) is 21.2 Å². The number of anilines is 1. The lowest BCUT2D eigenvalue weighted by Gasteiger charge is -2.09. The van der Waals surface area contributed by atoms with Gasteiger partial charge in [0, 0.05) is 17.5 Å². The summed E-state index contributed by atoms with van der Waals surface area (Å²) < 4.78 is 63.0. The van der Waals surface area contributed by atoms with Crippen molar-refractivity contribution in [2.24, 2.45) is 0 Å². The molecule has 0 fully saturated rings. The van der Waals surface area contributed by atoms with E-state index in [0.717, 1.165) is 18.4 Å². The lowest BCUT2D eigenvalue weighted by Crippen LogP contribution is -2.13. The maximum atomic E-state index is 13.2. The third-order valence-corrected chi connectivity index (χ3v) is 5.92. The van der Waals surface area contributed by atoms with Crippen molar-refractivity contribution in [3.63, 3.8) is 0 Å². The molecule has 0 saturated carbocycles. The molecule has 0 atom stereocenters. The fourth-order valence-electron chi connectivity index (χ4n) is 2.23. The largest absolute Gasteiger partial charge is 0.280 e. The van der Waals surface area contributed by atoms with Crippen LogP contribution in [0, 0.1) is 5.82 Å². The van der Waals surface area contributed by atoms with Crippen molar-refractivity contribution in [2.75, 3.05) is 11.0 Å². The molecule has 0 aliphatic rings. The summed E-state index contributed by atoms with van der Waals surface area (Å²) in [5.74, 6) is -0.649. The van der Waals surface area contributed by atoms with E-state index in [9.17, 15) is 21.2 Å². The third kappa shape index (κ3) is 4.47. The van der Waals surface area contributed by atoms with Gasteiger partial charge in [-0.05, 0) is 42.5 Å². The molecule has 0 bridgehead atoms. The normalized spacial score (nSPS) is 11.9. The zero-order valence-electron chi connectivity index (χ0n) is 14.0. The topological polar surface area (TPSA) is 106 Å². The van der Waals surface area contributed by atoms with Gasteiger partial charge in [0.25, 0.3) is 10.0 Å². The number of benzene rings is 2. The highest BCUT2D eigenvalue weighted by Crippen LogP contribution is 2.22. The minimum atomic E-state index is -3.92. The Hall–Kier alpha value is -2.85. The van der Waals surface area contributed by atoms with Gasteiger partial charge in [0.1, 0.15) is 5.82 Å². The maximum Gasteiger partial charge on any atom is 0.261 e. The highest BCUT2D eigenvalue weighted by Gasteiger charge is 2.15. The van der Waals surface area contributed by atoms with E-state index in [1.165, 1.54) is 36.4 Å². The molecule has 0 radical (unpaired) electrons. The standard InChI is InChI=1S/C17H14FN3O4S2/c1-26(22,23)17-10-9-16(19-20-17)12-5-7-14(8-6-12)21-27(24,25)15-4-2-3-13(18)11-15/h2-11,21H,1H3. The molecule has 3 aromatic rings. The summed E-state index contributed by atoms with van der Waals surface area (Å²) in [7, 11) is -7.36. The number of halogens is 1. The van der Waals surface area contributed by atoms with Gasteiger partial charge >= 0.3 is 0 Å². The lowest BCUT2D eigenvalue weighted by molar-refractivity contribution is 0.594. The van der Waals surface area contributed by atoms with E-state index in [4.69, 9.17) is 0 Å². The second-order valence-electron chi connectivity index (χ2n) is 5.67. The van der Waals surface area contributed by atoms with Crippen LogP contribution in [0.15, 0.2) is 70.6 Å². The monoisotopic (exact) mass is 407 g/mol. The van der Waals surface area contributed by atoms with E-state index < -0.39 is 25.7 Å². The Balaban J connectivity index is 1.81. The summed E-state index contributed by atoms with van der Waals surface area (Å²) >= 11 is 0. The molecular formula is C17H14FN3O4S2. The number of hydrogen-bond donors (Lipinski definition) is 1. The number of sulfone groups is 1. The maximum absolute atomic E-state index is 13.2. The molecule has 0 saturated heterocycles. The summed E-state index contributed by atoms with van der Waals surface area (Å²) in [6.07, 6.45) is 1.04. The Bertz CT molecular complexity index is 1180. The van der Waals surface area contributed by atoms with Crippen molar-refractivity contribution < 1.29 is 21.2 Å². The summed E-state index contributed by atoms with van der Waals surface area (Å²) in [5.41, 5.74) is 1.34. The SMILES string of the molecule is CS(=O)(=O)c1ccc(-c2ccc(NS(=O)(=O)c3cccc(F)c3)cc2)nn1.